The van der Waals surface area contributed by atoms with E-state index in [1.54, 1.807) is 37.3 Å². The highest BCUT2D eigenvalue weighted by atomic mass is 19.4. The number of amides is 2. The summed E-state index contributed by atoms with van der Waals surface area (Å²) in [5.74, 6) is -3.98. The van der Waals surface area contributed by atoms with Crippen LogP contribution >= 0.6 is 0 Å². The molecule has 1 N–H and O–H groups in total. The maximum absolute atomic E-state index is 13.5. The summed E-state index contributed by atoms with van der Waals surface area (Å²) in [7, 11) is 0. The van der Waals surface area contributed by atoms with Crippen LogP contribution in [0.2, 0.25) is 0 Å². The number of hydrogen-bond donors (Lipinski definition) is 1. The molecule has 7 nitrogen and oxygen atoms in total. The van der Waals surface area contributed by atoms with E-state index in [0.717, 1.165) is 18.2 Å². The van der Waals surface area contributed by atoms with Gasteiger partial charge in [-0.1, -0.05) is 36.4 Å². The highest BCUT2D eigenvalue weighted by molar-refractivity contribution is 6.47. The first kappa shape index (κ1) is 20.6. The normalized spacial score (nSPS) is 22.8. The number of carbonyl (C=O) groups is 3. The van der Waals surface area contributed by atoms with Gasteiger partial charge in [0.2, 0.25) is 5.91 Å². The summed E-state index contributed by atoms with van der Waals surface area (Å²) in [6.07, 6.45) is -4.66. The third kappa shape index (κ3) is 3.06. The van der Waals surface area contributed by atoms with Gasteiger partial charge in [-0.25, -0.2) is 9.69 Å². The van der Waals surface area contributed by atoms with Gasteiger partial charge in [-0.2, -0.15) is 18.3 Å². The van der Waals surface area contributed by atoms with Crippen LogP contribution in [0.1, 0.15) is 18.1 Å². The lowest BCUT2D eigenvalue weighted by atomic mass is 9.79. The molecule has 2 amide bonds. The Labute approximate surface area is 174 Å². The van der Waals surface area contributed by atoms with Gasteiger partial charge in [0.1, 0.15) is 5.92 Å². The van der Waals surface area contributed by atoms with Crippen molar-refractivity contribution in [3.63, 3.8) is 0 Å². The Morgan fingerprint density at radius 2 is 1.87 bits per heavy atom. The Bertz CT molecular complexity index is 1100. The molecule has 0 radical (unpaired) electrons. The summed E-state index contributed by atoms with van der Waals surface area (Å²) in [6.45, 7) is 1.59. The standard InChI is InChI=1S/C21H16F3N3O4/c1-2-31-18(29)16-15-17(28)27(14-10-6-9-13(11-14)21(22,23)24)19(30)20(15,26-25-16)12-7-4-3-5-8-12/h3-11,15,26H,2H2,1H3. The number of hydrogen-bond acceptors (Lipinski definition) is 6. The van der Waals surface area contributed by atoms with Crippen molar-refractivity contribution >= 4 is 29.2 Å². The van der Waals surface area contributed by atoms with Crippen molar-refractivity contribution in [2.24, 2.45) is 11.0 Å². The number of halogens is 3. The predicted octanol–water partition coefficient (Wildman–Crippen LogP) is 2.61. The molecule has 2 aliphatic heterocycles. The summed E-state index contributed by atoms with van der Waals surface area (Å²) >= 11 is 0. The van der Waals surface area contributed by atoms with Crippen LogP contribution in [0.25, 0.3) is 0 Å². The lowest BCUT2D eigenvalue weighted by Gasteiger charge is -2.26. The van der Waals surface area contributed by atoms with Gasteiger partial charge in [0.05, 0.1) is 17.9 Å². The summed E-state index contributed by atoms with van der Waals surface area (Å²) in [5, 5.41) is 3.92. The largest absolute Gasteiger partial charge is 0.461 e. The van der Waals surface area contributed by atoms with Crippen LogP contribution in [0.15, 0.2) is 59.7 Å². The summed E-state index contributed by atoms with van der Waals surface area (Å²) in [6, 6.07) is 12.0. The Hall–Kier alpha value is -3.69. The first-order valence-electron chi connectivity index (χ1n) is 9.35. The van der Waals surface area contributed by atoms with E-state index in [0.29, 0.717) is 10.5 Å². The molecule has 0 bridgehead atoms. The molecule has 31 heavy (non-hydrogen) atoms. The zero-order valence-corrected chi connectivity index (χ0v) is 16.1. The molecule has 10 heteroatoms. The zero-order valence-electron chi connectivity index (χ0n) is 16.1. The highest BCUT2D eigenvalue weighted by Crippen LogP contribution is 2.45. The highest BCUT2D eigenvalue weighted by Gasteiger charge is 2.67. The fraction of sp³-hybridized carbons (Fsp3) is 0.238. The maximum Gasteiger partial charge on any atom is 0.416 e. The smallest absolute Gasteiger partial charge is 0.416 e. The lowest BCUT2D eigenvalue weighted by Crippen LogP contribution is -2.48. The molecule has 2 heterocycles. The number of imide groups is 1. The van der Waals surface area contributed by atoms with E-state index in [1.165, 1.54) is 6.07 Å². The number of fused-ring (bicyclic) bond motifs is 1. The molecule has 4 rings (SSSR count). The molecule has 2 aromatic carbocycles. The minimum atomic E-state index is -4.66. The molecular formula is C21H16F3N3O4. The predicted molar refractivity (Wildman–Crippen MR) is 103 cm³/mol. The van der Waals surface area contributed by atoms with Crippen LogP contribution < -0.4 is 10.3 Å². The number of rotatable bonds is 4. The second kappa shape index (κ2) is 7.22. The van der Waals surface area contributed by atoms with E-state index in [2.05, 4.69) is 10.5 Å². The number of ether oxygens (including phenoxy) is 1. The Morgan fingerprint density at radius 1 is 1.16 bits per heavy atom. The van der Waals surface area contributed by atoms with Crippen LogP contribution in [0.3, 0.4) is 0 Å². The topological polar surface area (TPSA) is 88.1 Å². The third-order valence-corrected chi connectivity index (χ3v) is 5.21. The van der Waals surface area contributed by atoms with Gasteiger partial charge in [-0.3, -0.25) is 15.0 Å². The Kier molecular flexibility index (Phi) is 4.79. The van der Waals surface area contributed by atoms with Gasteiger partial charge in [-0.05, 0) is 30.7 Å². The number of hydrazone groups is 1. The van der Waals surface area contributed by atoms with E-state index in [-0.39, 0.29) is 18.0 Å². The molecule has 0 saturated carbocycles. The van der Waals surface area contributed by atoms with E-state index < -0.39 is 41.0 Å². The van der Waals surface area contributed by atoms with Crippen molar-refractivity contribution in [1.82, 2.24) is 5.43 Å². The van der Waals surface area contributed by atoms with Crippen LogP contribution in [0.4, 0.5) is 18.9 Å². The first-order chi connectivity index (χ1) is 14.7. The van der Waals surface area contributed by atoms with Crippen molar-refractivity contribution in [1.29, 1.82) is 0 Å². The van der Waals surface area contributed by atoms with Crippen LogP contribution in [-0.4, -0.2) is 30.1 Å². The van der Waals surface area contributed by atoms with Crippen molar-refractivity contribution in [2.45, 2.75) is 18.6 Å². The van der Waals surface area contributed by atoms with Crippen LogP contribution in [0, 0.1) is 5.92 Å². The Balaban J connectivity index is 1.86. The fourth-order valence-corrected chi connectivity index (χ4v) is 3.85. The number of anilines is 1. The van der Waals surface area contributed by atoms with Crippen molar-refractivity contribution < 1.29 is 32.3 Å². The van der Waals surface area contributed by atoms with Crippen LogP contribution in [-0.2, 0) is 30.8 Å². The van der Waals surface area contributed by atoms with Gasteiger partial charge in [-0.15, -0.1) is 0 Å². The van der Waals surface area contributed by atoms with Crippen molar-refractivity contribution in [3.05, 3.63) is 65.7 Å². The summed E-state index contributed by atoms with van der Waals surface area (Å²) in [4.78, 5) is 40.0. The van der Waals surface area contributed by atoms with Gasteiger partial charge in [0.15, 0.2) is 11.3 Å². The van der Waals surface area contributed by atoms with E-state index >= 15 is 0 Å². The molecule has 1 saturated heterocycles. The average molecular weight is 431 g/mol. The molecule has 2 atom stereocenters. The maximum atomic E-state index is 13.5. The number of nitrogens with zero attached hydrogens (tertiary/aromatic N) is 2. The first-order valence-corrected chi connectivity index (χ1v) is 9.35. The van der Waals surface area contributed by atoms with Gasteiger partial charge >= 0.3 is 12.1 Å². The fourth-order valence-electron chi connectivity index (χ4n) is 3.85. The molecule has 2 aliphatic rings. The molecule has 2 aromatic rings. The minimum absolute atomic E-state index is 0.0163. The number of esters is 1. The average Bonchev–Trinajstić information content (AvgIpc) is 3.24. The SMILES string of the molecule is CCOC(=O)C1=NNC2(c3ccccc3)C(=O)N(c3cccc(C(F)(F)F)c3)C(=O)C12. The summed E-state index contributed by atoms with van der Waals surface area (Å²) < 4.78 is 44.5. The number of alkyl halides is 3. The quantitative estimate of drug-likeness (QED) is 0.594. The van der Waals surface area contributed by atoms with Gasteiger partial charge < -0.3 is 4.74 Å². The Morgan fingerprint density at radius 3 is 2.52 bits per heavy atom. The number of benzene rings is 2. The molecule has 160 valence electrons. The van der Waals surface area contributed by atoms with Gasteiger partial charge in [0, 0.05) is 0 Å². The summed E-state index contributed by atoms with van der Waals surface area (Å²) in [5.41, 5.74) is -0.378. The second-order valence-corrected chi connectivity index (χ2v) is 6.96. The molecular weight excluding hydrogens is 415 g/mol. The molecule has 0 aromatic heterocycles. The van der Waals surface area contributed by atoms with E-state index in [9.17, 15) is 27.6 Å². The van der Waals surface area contributed by atoms with E-state index in [4.69, 9.17) is 4.74 Å². The van der Waals surface area contributed by atoms with Crippen molar-refractivity contribution in [3.8, 4) is 0 Å². The zero-order chi connectivity index (χ0) is 22.4. The molecule has 0 aliphatic carbocycles. The van der Waals surface area contributed by atoms with Gasteiger partial charge in [0.25, 0.3) is 5.91 Å². The third-order valence-electron chi connectivity index (χ3n) is 5.21. The number of carbonyl (C=O) groups excluding carboxylic acids is 3. The van der Waals surface area contributed by atoms with Crippen LogP contribution in [0.5, 0.6) is 0 Å². The monoisotopic (exact) mass is 431 g/mol. The molecule has 0 spiro atoms. The second-order valence-electron chi connectivity index (χ2n) is 6.96. The minimum Gasteiger partial charge on any atom is -0.461 e. The van der Waals surface area contributed by atoms with E-state index in [1.807, 2.05) is 0 Å². The number of nitrogens with one attached hydrogen (secondary N) is 1. The van der Waals surface area contributed by atoms with Crippen molar-refractivity contribution in [2.75, 3.05) is 11.5 Å². The molecule has 2 unspecified atom stereocenters. The lowest BCUT2D eigenvalue weighted by molar-refractivity contribution is -0.138. The molecule has 1 fully saturated rings.